The second kappa shape index (κ2) is 4.13. The van der Waals surface area contributed by atoms with Gasteiger partial charge in [0.15, 0.2) is 0 Å². The molecule has 0 unspecified atom stereocenters. The van der Waals surface area contributed by atoms with E-state index in [9.17, 15) is 0 Å². The van der Waals surface area contributed by atoms with E-state index in [1.165, 1.54) is 12.0 Å². The maximum absolute atomic E-state index is 4.40. The van der Waals surface area contributed by atoms with Crippen LogP contribution in [-0.2, 0) is 0 Å². The lowest BCUT2D eigenvalue weighted by atomic mass is 10.2. The molecule has 0 amide bonds. The summed E-state index contributed by atoms with van der Waals surface area (Å²) in [6.45, 7) is 3.06. The average molecular weight is 253 g/mol. The molecule has 0 aromatic heterocycles. The maximum Gasteiger partial charge on any atom is 0.101 e. The van der Waals surface area contributed by atoms with Gasteiger partial charge < -0.3 is 5.32 Å². The Hall–Kier alpha value is -0.830. The van der Waals surface area contributed by atoms with Crippen LogP contribution in [0, 0.1) is 6.92 Å². The van der Waals surface area contributed by atoms with Crippen LogP contribution in [0.15, 0.2) is 27.7 Å². The van der Waals surface area contributed by atoms with Crippen LogP contribution >= 0.6 is 15.9 Å². The Morgan fingerprint density at radius 2 is 2.29 bits per heavy atom. The highest BCUT2D eigenvalue weighted by Crippen LogP contribution is 2.26. The SMILES string of the molecule is Cc1cccc(Br)c1NC1=NCCC1. The van der Waals surface area contributed by atoms with Gasteiger partial charge in [0.05, 0.1) is 5.69 Å². The monoisotopic (exact) mass is 252 g/mol. The van der Waals surface area contributed by atoms with Gasteiger partial charge in [-0.25, -0.2) is 0 Å². The van der Waals surface area contributed by atoms with Crippen molar-refractivity contribution in [2.24, 2.45) is 4.99 Å². The first-order valence-corrected chi connectivity index (χ1v) is 5.62. The Bertz CT molecular complexity index is 351. The zero-order valence-electron chi connectivity index (χ0n) is 8.18. The molecule has 0 fully saturated rings. The highest BCUT2D eigenvalue weighted by molar-refractivity contribution is 9.10. The van der Waals surface area contributed by atoms with Gasteiger partial charge in [0, 0.05) is 17.4 Å². The molecule has 0 radical (unpaired) electrons. The predicted molar refractivity (Wildman–Crippen MR) is 64.0 cm³/mol. The Morgan fingerprint density at radius 1 is 1.43 bits per heavy atom. The first-order valence-electron chi connectivity index (χ1n) is 4.83. The standard InChI is InChI=1S/C11H13BrN2/c1-8-4-2-5-9(12)11(8)14-10-6-3-7-13-10/h2,4-5H,3,6-7H2,1H3,(H,13,14). The molecular formula is C11H13BrN2. The van der Waals surface area contributed by atoms with E-state index >= 15 is 0 Å². The van der Waals surface area contributed by atoms with E-state index in [0.717, 1.165) is 29.0 Å². The van der Waals surface area contributed by atoms with Gasteiger partial charge in [0.2, 0.25) is 0 Å². The molecular weight excluding hydrogens is 240 g/mol. The molecule has 74 valence electrons. The lowest BCUT2D eigenvalue weighted by Crippen LogP contribution is -2.09. The van der Waals surface area contributed by atoms with Crippen molar-refractivity contribution in [1.82, 2.24) is 0 Å². The summed E-state index contributed by atoms with van der Waals surface area (Å²) < 4.78 is 1.10. The minimum atomic E-state index is 0.964. The first-order chi connectivity index (χ1) is 6.77. The number of hydrogen-bond acceptors (Lipinski definition) is 2. The molecule has 2 rings (SSSR count). The van der Waals surface area contributed by atoms with Gasteiger partial charge in [-0.3, -0.25) is 4.99 Å². The molecule has 0 spiro atoms. The van der Waals surface area contributed by atoms with Gasteiger partial charge in [0.1, 0.15) is 5.84 Å². The zero-order chi connectivity index (χ0) is 9.97. The van der Waals surface area contributed by atoms with Gasteiger partial charge in [-0.2, -0.15) is 0 Å². The summed E-state index contributed by atoms with van der Waals surface area (Å²) in [7, 11) is 0. The largest absolute Gasteiger partial charge is 0.343 e. The quantitative estimate of drug-likeness (QED) is 0.815. The highest BCUT2D eigenvalue weighted by atomic mass is 79.9. The lowest BCUT2D eigenvalue weighted by molar-refractivity contribution is 0.951. The van der Waals surface area contributed by atoms with Crippen LogP contribution in [0.4, 0.5) is 5.69 Å². The Morgan fingerprint density at radius 3 is 2.93 bits per heavy atom. The molecule has 1 aliphatic heterocycles. The highest BCUT2D eigenvalue weighted by Gasteiger charge is 2.09. The van der Waals surface area contributed by atoms with Gasteiger partial charge in [-0.05, 0) is 40.9 Å². The summed E-state index contributed by atoms with van der Waals surface area (Å²) in [5.41, 5.74) is 2.39. The molecule has 0 saturated carbocycles. The summed E-state index contributed by atoms with van der Waals surface area (Å²) in [5, 5.41) is 3.38. The third-order valence-corrected chi connectivity index (χ3v) is 3.03. The number of rotatable bonds is 1. The Balaban J connectivity index is 2.23. The summed E-state index contributed by atoms with van der Waals surface area (Å²) in [5.74, 6) is 1.11. The van der Waals surface area contributed by atoms with E-state index in [1.54, 1.807) is 0 Å². The third kappa shape index (κ3) is 1.98. The number of hydrogen-bond donors (Lipinski definition) is 1. The van der Waals surface area contributed by atoms with E-state index in [-0.39, 0.29) is 0 Å². The number of nitrogens with one attached hydrogen (secondary N) is 1. The smallest absolute Gasteiger partial charge is 0.101 e. The van der Waals surface area contributed by atoms with Crippen LogP contribution in [-0.4, -0.2) is 12.4 Å². The Kier molecular flexibility index (Phi) is 2.87. The molecule has 1 heterocycles. The molecule has 0 saturated heterocycles. The topological polar surface area (TPSA) is 24.4 Å². The van der Waals surface area contributed by atoms with Crippen molar-refractivity contribution in [3.8, 4) is 0 Å². The molecule has 2 nitrogen and oxygen atoms in total. The molecule has 14 heavy (non-hydrogen) atoms. The van der Waals surface area contributed by atoms with E-state index in [4.69, 9.17) is 0 Å². The van der Waals surface area contributed by atoms with Crippen molar-refractivity contribution >= 4 is 27.5 Å². The molecule has 1 aromatic rings. The fraction of sp³-hybridized carbons (Fsp3) is 0.364. The van der Waals surface area contributed by atoms with Gasteiger partial charge in [-0.1, -0.05) is 12.1 Å². The van der Waals surface area contributed by atoms with Crippen molar-refractivity contribution < 1.29 is 0 Å². The molecule has 1 aliphatic rings. The number of aliphatic imine (C=N–C) groups is 1. The van der Waals surface area contributed by atoms with Crippen molar-refractivity contribution in [1.29, 1.82) is 0 Å². The van der Waals surface area contributed by atoms with Gasteiger partial charge >= 0.3 is 0 Å². The zero-order valence-corrected chi connectivity index (χ0v) is 9.76. The van der Waals surface area contributed by atoms with Crippen molar-refractivity contribution in [2.75, 3.05) is 11.9 Å². The predicted octanol–water partition coefficient (Wildman–Crippen LogP) is 3.36. The van der Waals surface area contributed by atoms with E-state index in [1.807, 2.05) is 12.1 Å². The molecule has 0 atom stereocenters. The normalized spacial score (nSPS) is 15.4. The van der Waals surface area contributed by atoms with Crippen LogP contribution in [0.25, 0.3) is 0 Å². The van der Waals surface area contributed by atoms with Gasteiger partial charge in [0.25, 0.3) is 0 Å². The molecule has 0 bridgehead atoms. The fourth-order valence-corrected chi connectivity index (χ4v) is 2.14. The summed E-state index contributed by atoms with van der Waals surface area (Å²) in [6.07, 6.45) is 2.24. The minimum Gasteiger partial charge on any atom is -0.343 e. The summed E-state index contributed by atoms with van der Waals surface area (Å²) in [6, 6.07) is 6.19. The van der Waals surface area contributed by atoms with Crippen molar-refractivity contribution in [3.05, 3.63) is 28.2 Å². The number of amidine groups is 1. The third-order valence-electron chi connectivity index (χ3n) is 2.37. The van der Waals surface area contributed by atoms with Crippen molar-refractivity contribution in [3.63, 3.8) is 0 Å². The van der Waals surface area contributed by atoms with Crippen LogP contribution in [0.2, 0.25) is 0 Å². The van der Waals surface area contributed by atoms with Crippen LogP contribution in [0.5, 0.6) is 0 Å². The molecule has 1 N–H and O–H groups in total. The minimum absolute atomic E-state index is 0.964. The number of nitrogens with zero attached hydrogens (tertiary/aromatic N) is 1. The first kappa shape index (κ1) is 9.71. The van der Waals surface area contributed by atoms with Crippen molar-refractivity contribution in [2.45, 2.75) is 19.8 Å². The number of aryl methyl sites for hydroxylation is 1. The Labute approximate surface area is 92.6 Å². The van der Waals surface area contributed by atoms with Crippen LogP contribution < -0.4 is 5.32 Å². The van der Waals surface area contributed by atoms with E-state index in [2.05, 4.69) is 39.2 Å². The second-order valence-electron chi connectivity index (χ2n) is 3.49. The number of benzene rings is 1. The van der Waals surface area contributed by atoms with Crippen LogP contribution in [0.3, 0.4) is 0 Å². The molecule has 3 heteroatoms. The maximum atomic E-state index is 4.40. The fourth-order valence-electron chi connectivity index (χ4n) is 1.58. The number of para-hydroxylation sites is 1. The second-order valence-corrected chi connectivity index (χ2v) is 4.34. The summed E-state index contributed by atoms with van der Waals surface area (Å²) >= 11 is 3.54. The molecule has 0 aliphatic carbocycles. The lowest BCUT2D eigenvalue weighted by Gasteiger charge is -2.10. The summed E-state index contributed by atoms with van der Waals surface area (Å²) in [4.78, 5) is 4.40. The number of anilines is 1. The number of halogens is 1. The average Bonchev–Trinajstić information content (AvgIpc) is 2.64. The van der Waals surface area contributed by atoms with Gasteiger partial charge in [-0.15, -0.1) is 0 Å². The van der Waals surface area contributed by atoms with Crippen LogP contribution in [0.1, 0.15) is 18.4 Å². The van der Waals surface area contributed by atoms with E-state index < -0.39 is 0 Å². The van der Waals surface area contributed by atoms with E-state index in [0.29, 0.717) is 0 Å². The molecule has 1 aromatic carbocycles.